The van der Waals surface area contributed by atoms with Crippen molar-refractivity contribution in [2.45, 2.75) is 18.7 Å². The van der Waals surface area contributed by atoms with Crippen molar-refractivity contribution in [1.29, 1.82) is 0 Å². The second kappa shape index (κ2) is 5.52. The number of carbonyl (C=O) groups is 1. The Kier molecular flexibility index (Phi) is 4.02. The van der Waals surface area contributed by atoms with Crippen LogP contribution in [-0.2, 0) is 0 Å². The number of fused-ring (bicyclic) bond motifs is 1. The molecule has 0 radical (unpaired) electrons. The molecule has 0 saturated carbocycles. The van der Waals surface area contributed by atoms with E-state index in [0.29, 0.717) is 6.54 Å². The van der Waals surface area contributed by atoms with Crippen LogP contribution in [0.3, 0.4) is 0 Å². The molecular weight excluding hydrogens is 254 g/mol. The highest BCUT2D eigenvalue weighted by molar-refractivity contribution is 7.20. The summed E-state index contributed by atoms with van der Waals surface area (Å²) in [5.74, 6) is -0.0106. The van der Waals surface area contributed by atoms with E-state index in [1.54, 1.807) is 0 Å². The maximum Gasteiger partial charge on any atom is 0.261 e. The molecule has 90 valence electrons. The number of halogens is 1. The van der Waals surface area contributed by atoms with Gasteiger partial charge in [0.05, 0.1) is 4.88 Å². The Bertz CT molecular complexity index is 488. The number of amides is 1. The van der Waals surface area contributed by atoms with Crippen molar-refractivity contribution in [2.24, 2.45) is 0 Å². The minimum Gasteiger partial charge on any atom is -0.351 e. The fraction of sp³-hybridized carbons (Fsp3) is 0.308. The lowest BCUT2D eigenvalue weighted by Gasteiger charge is -2.04. The van der Waals surface area contributed by atoms with Gasteiger partial charge in [0.25, 0.3) is 5.91 Å². The minimum absolute atomic E-state index is 0.0106. The average Bonchev–Trinajstić information content (AvgIpc) is 2.71. The Balaban J connectivity index is 2.04. The van der Waals surface area contributed by atoms with E-state index in [1.165, 1.54) is 11.3 Å². The zero-order valence-electron chi connectivity index (χ0n) is 9.57. The maximum absolute atomic E-state index is 11.9. The molecule has 0 aliphatic heterocycles. The van der Waals surface area contributed by atoms with Gasteiger partial charge >= 0.3 is 0 Å². The van der Waals surface area contributed by atoms with Gasteiger partial charge in [0.15, 0.2) is 0 Å². The van der Waals surface area contributed by atoms with Crippen molar-refractivity contribution >= 4 is 38.9 Å². The van der Waals surface area contributed by atoms with Crippen LogP contribution >= 0.6 is 22.9 Å². The van der Waals surface area contributed by atoms with Crippen molar-refractivity contribution in [3.63, 3.8) is 0 Å². The molecule has 0 fully saturated rings. The highest BCUT2D eigenvalue weighted by atomic mass is 35.5. The molecule has 2 nitrogen and oxygen atoms in total. The first-order valence-electron chi connectivity index (χ1n) is 5.57. The average molecular weight is 268 g/mol. The predicted octanol–water partition coefficient (Wildman–Crippen LogP) is 3.65. The van der Waals surface area contributed by atoms with E-state index in [-0.39, 0.29) is 11.3 Å². The molecule has 1 aromatic heterocycles. The molecule has 1 N–H and O–H groups in total. The van der Waals surface area contributed by atoms with Crippen LogP contribution in [0.1, 0.15) is 23.0 Å². The summed E-state index contributed by atoms with van der Waals surface area (Å²) in [5, 5.41) is 4.09. The monoisotopic (exact) mass is 267 g/mol. The van der Waals surface area contributed by atoms with E-state index in [9.17, 15) is 4.79 Å². The van der Waals surface area contributed by atoms with E-state index in [4.69, 9.17) is 11.6 Å². The van der Waals surface area contributed by atoms with Crippen LogP contribution in [0.25, 0.3) is 10.1 Å². The van der Waals surface area contributed by atoms with E-state index in [2.05, 4.69) is 5.32 Å². The number of benzene rings is 1. The molecule has 2 rings (SSSR count). The van der Waals surface area contributed by atoms with Gasteiger partial charge in [-0.3, -0.25) is 4.79 Å². The van der Waals surface area contributed by atoms with Crippen LogP contribution in [0, 0.1) is 0 Å². The Morgan fingerprint density at radius 2 is 2.24 bits per heavy atom. The van der Waals surface area contributed by atoms with Gasteiger partial charge < -0.3 is 5.32 Å². The molecule has 0 saturated heterocycles. The molecule has 1 atom stereocenters. The summed E-state index contributed by atoms with van der Waals surface area (Å²) >= 11 is 7.34. The largest absolute Gasteiger partial charge is 0.351 e. The number of carbonyl (C=O) groups excluding carboxylic acids is 1. The van der Waals surface area contributed by atoms with Crippen molar-refractivity contribution < 1.29 is 4.79 Å². The third kappa shape index (κ3) is 3.20. The molecule has 1 unspecified atom stereocenters. The SMILES string of the molecule is CC(Cl)CCNC(=O)c1cc2ccccc2s1. The number of thiophene rings is 1. The van der Waals surface area contributed by atoms with Gasteiger partial charge in [-0.05, 0) is 30.9 Å². The first-order chi connectivity index (χ1) is 8.16. The molecule has 4 heteroatoms. The fourth-order valence-corrected chi connectivity index (χ4v) is 2.65. The van der Waals surface area contributed by atoms with E-state index >= 15 is 0 Å². The van der Waals surface area contributed by atoms with Crippen LogP contribution in [0.15, 0.2) is 30.3 Å². The standard InChI is InChI=1S/C13H14ClNOS/c1-9(14)6-7-15-13(16)12-8-10-4-2-3-5-11(10)17-12/h2-5,8-9H,6-7H2,1H3,(H,15,16). The molecular formula is C13H14ClNOS. The quantitative estimate of drug-likeness (QED) is 0.842. The lowest BCUT2D eigenvalue weighted by atomic mass is 10.2. The molecule has 0 aliphatic rings. The minimum atomic E-state index is -0.0106. The number of alkyl halides is 1. The zero-order valence-corrected chi connectivity index (χ0v) is 11.1. The molecule has 0 spiro atoms. The molecule has 1 amide bonds. The molecule has 17 heavy (non-hydrogen) atoms. The molecule has 0 bridgehead atoms. The van der Waals surface area contributed by atoms with E-state index < -0.39 is 0 Å². The molecule has 1 heterocycles. The fourth-order valence-electron chi connectivity index (χ4n) is 1.57. The summed E-state index contributed by atoms with van der Waals surface area (Å²) in [6.45, 7) is 2.55. The summed E-state index contributed by atoms with van der Waals surface area (Å²) < 4.78 is 1.14. The van der Waals surface area contributed by atoms with Gasteiger partial charge in [0.1, 0.15) is 0 Å². The van der Waals surface area contributed by atoms with Gasteiger partial charge in [0.2, 0.25) is 0 Å². The number of rotatable bonds is 4. The summed E-state index contributed by atoms with van der Waals surface area (Å²) in [6.07, 6.45) is 0.790. The van der Waals surface area contributed by atoms with Crippen LogP contribution < -0.4 is 5.32 Å². The van der Waals surface area contributed by atoms with Gasteiger partial charge in [-0.1, -0.05) is 18.2 Å². The van der Waals surface area contributed by atoms with Gasteiger partial charge in [-0.25, -0.2) is 0 Å². The maximum atomic E-state index is 11.9. The van der Waals surface area contributed by atoms with Gasteiger partial charge in [0, 0.05) is 16.6 Å². The van der Waals surface area contributed by atoms with Crippen molar-refractivity contribution in [3.05, 3.63) is 35.2 Å². The van der Waals surface area contributed by atoms with Crippen molar-refractivity contribution in [1.82, 2.24) is 5.32 Å². The number of hydrogen-bond acceptors (Lipinski definition) is 2. The Morgan fingerprint density at radius 1 is 1.47 bits per heavy atom. The van der Waals surface area contributed by atoms with Crippen molar-refractivity contribution in [2.75, 3.05) is 6.54 Å². The third-order valence-electron chi connectivity index (χ3n) is 2.48. The predicted molar refractivity (Wildman–Crippen MR) is 74.1 cm³/mol. The molecule has 0 aliphatic carbocycles. The lowest BCUT2D eigenvalue weighted by Crippen LogP contribution is -2.24. The molecule has 1 aromatic carbocycles. The summed E-state index contributed by atoms with van der Waals surface area (Å²) in [7, 11) is 0. The third-order valence-corrected chi connectivity index (χ3v) is 3.81. The summed E-state index contributed by atoms with van der Waals surface area (Å²) in [5.41, 5.74) is 0. The Morgan fingerprint density at radius 3 is 2.94 bits per heavy atom. The topological polar surface area (TPSA) is 29.1 Å². The number of nitrogens with one attached hydrogen (secondary N) is 1. The second-order valence-electron chi connectivity index (χ2n) is 3.97. The van der Waals surface area contributed by atoms with Gasteiger partial charge in [-0.2, -0.15) is 0 Å². The van der Waals surface area contributed by atoms with Crippen LogP contribution in [-0.4, -0.2) is 17.8 Å². The van der Waals surface area contributed by atoms with Crippen molar-refractivity contribution in [3.8, 4) is 0 Å². The van der Waals surface area contributed by atoms with Crippen LogP contribution in [0.2, 0.25) is 0 Å². The first-order valence-corrected chi connectivity index (χ1v) is 6.83. The van der Waals surface area contributed by atoms with E-state index in [0.717, 1.165) is 21.4 Å². The zero-order chi connectivity index (χ0) is 12.3. The first kappa shape index (κ1) is 12.4. The highest BCUT2D eigenvalue weighted by Gasteiger charge is 2.09. The number of hydrogen-bond donors (Lipinski definition) is 1. The van der Waals surface area contributed by atoms with E-state index in [1.807, 2.05) is 37.3 Å². The molecule has 2 aromatic rings. The van der Waals surface area contributed by atoms with Crippen LogP contribution in [0.5, 0.6) is 0 Å². The smallest absolute Gasteiger partial charge is 0.261 e. The second-order valence-corrected chi connectivity index (χ2v) is 5.80. The highest BCUT2D eigenvalue weighted by Crippen LogP contribution is 2.24. The van der Waals surface area contributed by atoms with Crippen LogP contribution in [0.4, 0.5) is 0 Å². The Hall–Kier alpha value is -1.06. The Labute approximate surface area is 110 Å². The lowest BCUT2D eigenvalue weighted by molar-refractivity contribution is 0.0957. The summed E-state index contributed by atoms with van der Waals surface area (Å²) in [6, 6.07) is 9.93. The summed E-state index contributed by atoms with van der Waals surface area (Å²) in [4.78, 5) is 12.6. The van der Waals surface area contributed by atoms with Gasteiger partial charge in [-0.15, -0.1) is 22.9 Å². The normalized spacial score (nSPS) is 12.6.